The van der Waals surface area contributed by atoms with Gasteiger partial charge < -0.3 is 5.11 Å². The summed E-state index contributed by atoms with van der Waals surface area (Å²) in [6, 6.07) is 6.66. The van der Waals surface area contributed by atoms with E-state index in [2.05, 4.69) is 0 Å². The van der Waals surface area contributed by atoms with Crippen molar-refractivity contribution in [3.05, 3.63) is 29.8 Å². The molecule has 100 valence electrons. The van der Waals surface area contributed by atoms with E-state index in [0.717, 1.165) is 19.3 Å². The number of nitrogens with zero attached hydrogens (tertiary/aromatic N) is 1. The minimum Gasteiger partial charge on any atom is -0.389 e. The van der Waals surface area contributed by atoms with Crippen LogP contribution in [0.4, 0.5) is 0 Å². The Bertz CT molecular complexity index is 521. The molecule has 1 unspecified atom stereocenters. The van der Waals surface area contributed by atoms with E-state index in [0.29, 0.717) is 5.56 Å². The number of benzene rings is 1. The zero-order valence-corrected chi connectivity index (χ0v) is 11.5. The summed E-state index contributed by atoms with van der Waals surface area (Å²) in [5, 5.41) is 9.51. The standard InChI is InChI=1S/C13H19NO3S/c1-10(15)11-5-3-8-13(9-11)18(16,17)14(2)12-6-4-7-12/h3,5,8-10,12,15H,4,6-7H2,1-2H3. The minimum absolute atomic E-state index is 0.130. The predicted molar refractivity (Wildman–Crippen MR) is 69.7 cm³/mol. The van der Waals surface area contributed by atoms with Crippen molar-refractivity contribution in [2.75, 3.05) is 7.05 Å². The lowest BCUT2D eigenvalue weighted by molar-refractivity contribution is 0.199. The molecule has 1 N–H and O–H groups in total. The summed E-state index contributed by atoms with van der Waals surface area (Å²) in [6.45, 7) is 1.63. The smallest absolute Gasteiger partial charge is 0.243 e. The van der Waals surface area contributed by atoms with E-state index in [9.17, 15) is 13.5 Å². The van der Waals surface area contributed by atoms with Gasteiger partial charge in [-0.3, -0.25) is 0 Å². The van der Waals surface area contributed by atoms with E-state index in [4.69, 9.17) is 0 Å². The van der Waals surface area contributed by atoms with Gasteiger partial charge in [0, 0.05) is 13.1 Å². The Hall–Kier alpha value is -0.910. The van der Waals surface area contributed by atoms with Gasteiger partial charge in [0.25, 0.3) is 0 Å². The van der Waals surface area contributed by atoms with E-state index in [1.54, 1.807) is 38.2 Å². The number of rotatable bonds is 4. The molecule has 0 bridgehead atoms. The lowest BCUT2D eigenvalue weighted by Crippen LogP contribution is -2.41. The van der Waals surface area contributed by atoms with Gasteiger partial charge in [-0.2, -0.15) is 4.31 Å². The SMILES string of the molecule is CC(O)c1cccc(S(=O)(=O)N(C)C2CCC2)c1. The topological polar surface area (TPSA) is 57.6 Å². The highest BCUT2D eigenvalue weighted by molar-refractivity contribution is 7.89. The van der Waals surface area contributed by atoms with Crippen LogP contribution < -0.4 is 0 Å². The Morgan fingerprint density at radius 1 is 1.39 bits per heavy atom. The van der Waals surface area contributed by atoms with Gasteiger partial charge in [0.15, 0.2) is 0 Å². The summed E-state index contributed by atoms with van der Waals surface area (Å²) in [5.41, 5.74) is 0.623. The molecule has 18 heavy (non-hydrogen) atoms. The molecule has 5 heteroatoms. The second-order valence-corrected chi connectivity index (χ2v) is 6.85. The lowest BCUT2D eigenvalue weighted by atomic mass is 9.94. The highest BCUT2D eigenvalue weighted by Gasteiger charge is 2.31. The van der Waals surface area contributed by atoms with Crippen molar-refractivity contribution >= 4 is 10.0 Å². The molecule has 0 saturated heterocycles. The number of hydrogen-bond donors (Lipinski definition) is 1. The molecule has 1 fully saturated rings. The first-order chi connectivity index (χ1) is 8.43. The van der Waals surface area contributed by atoms with Crippen molar-refractivity contribution in [3.63, 3.8) is 0 Å². The number of aliphatic hydroxyl groups is 1. The number of hydrogen-bond acceptors (Lipinski definition) is 3. The molecule has 0 amide bonds. The molecular formula is C13H19NO3S. The average Bonchev–Trinajstić information content (AvgIpc) is 2.26. The van der Waals surface area contributed by atoms with Crippen molar-refractivity contribution in [2.45, 2.75) is 43.2 Å². The van der Waals surface area contributed by atoms with E-state index in [1.807, 2.05) is 0 Å². The molecule has 1 aliphatic rings. The van der Waals surface area contributed by atoms with Crippen LogP contribution in [0.5, 0.6) is 0 Å². The van der Waals surface area contributed by atoms with Crippen LogP contribution in [0.1, 0.15) is 37.9 Å². The summed E-state index contributed by atoms with van der Waals surface area (Å²) in [6.07, 6.45) is 2.31. The third-order valence-electron chi connectivity index (χ3n) is 3.61. The Morgan fingerprint density at radius 2 is 2.06 bits per heavy atom. The normalized spacial score (nSPS) is 18.7. The fourth-order valence-electron chi connectivity index (χ4n) is 2.05. The molecule has 0 radical (unpaired) electrons. The molecule has 0 spiro atoms. The van der Waals surface area contributed by atoms with Crippen molar-refractivity contribution in [2.24, 2.45) is 0 Å². The van der Waals surface area contributed by atoms with E-state index in [-0.39, 0.29) is 10.9 Å². The maximum absolute atomic E-state index is 12.4. The molecule has 1 aromatic carbocycles. The second kappa shape index (κ2) is 4.99. The van der Waals surface area contributed by atoms with Crippen LogP contribution in [0.15, 0.2) is 29.2 Å². The monoisotopic (exact) mass is 269 g/mol. The van der Waals surface area contributed by atoms with Gasteiger partial charge in [0.05, 0.1) is 11.0 Å². The zero-order chi connectivity index (χ0) is 13.3. The highest BCUT2D eigenvalue weighted by Crippen LogP contribution is 2.29. The fourth-order valence-corrected chi connectivity index (χ4v) is 3.52. The first kappa shape index (κ1) is 13.5. The zero-order valence-electron chi connectivity index (χ0n) is 10.7. The molecule has 2 rings (SSSR count). The molecule has 0 heterocycles. The van der Waals surface area contributed by atoms with Crippen molar-refractivity contribution in [1.82, 2.24) is 4.31 Å². The van der Waals surface area contributed by atoms with Gasteiger partial charge in [-0.1, -0.05) is 18.6 Å². The van der Waals surface area contributed by atoms with Crippen molar-refractivity contribution < 1.29 is 13.5 Å². The lowest BCUT2D eigenvalue weighted by Gasteiger charge is -2.33. The fraction of sp³-hybridized carbons (Fsp3) is 0.538. The number of aliphatic hydroxyl groups excluding tert-OH is 1. The quantitative estimate of drug-likeness (QED) is 0.908. The van der Waals surface area contributed by atoms with Crippen LogP contribution in [-0.4, -0.2) is 30.9 Å². The van der Waals surface area contributed by atoms with E-state index >= 15 is 0 Å². The predicted octanol–water partition coefficient (Wildman–Crippen LogP) is 1.91. The van der Waals surface area contributed by atoms with Crippen molar-refractivity contribution in [1.29, 1.82) is 0 Å². The first-order valence-electron chi connectivity index (χ1n) is 6.19. The molecule has 0 aliphatic heterocycles. The maximum atomic E-state index is 12.4. The van der Waals surface area contributed by atoms with Crippen LogP contribution in [0, 0.1) is 0 Å². The van der Waals surface area contributed by atoms with Gasteiger partial charge in [-0.05, 0) is 37.5 Å². The maximum Gasteiger partial charge on any atom is 0.243 e. The number of sulfonamides is 1. The molecule has 1 saturated carbocycles. The molecule has 1 aliphatic carbocycles. The Balaban J connectivity index is 2.31. The Morgan fingerprint density at radius 3 is 2.56 bits per heavy atom. The molecule has 4 nitrogen and oxygen atoms in total. The molecular weight excluding hydrogens is 250 g/mol. The van der Waals surface area contributed by atoms with E-state index in [1.165, 1.54) is 4.31 Å². The average molecular weight is 269 g/mol. The van der Waals surface area contributed by atoms with Crippen LogP contribution in [0.2, 0.25) is 0 Å². The summed E-state index contributed by atoms with van der Waals surface area (Å²) in [7, 11) is -1.80. The highest BCUT2D eigenvalue weighted by atomic mass is 32.2. The summed E-state index contributed by atoms with van der Waals surface area (Å²) < 4.78 is 26.2. The molecule has 0 aromatic heterocycles. The molecule has 1 aromatic rings. The molecule has 1 atom stereocenters. The first-order valence-corrected chi connectivity index (χ1v) is 7.63. The largest absolute Gasteiger partial charge is 0.389 e. The van der Waals surface area contributed by atoms with Gasteiger partial charge >= 0.3 is 0 Å². The third-order valence-corrected chi connectivity index (χ3v) is 5.51. The van der Waals surface area contributed by atoms with Crippen LogP contribution >= 0.6 is 0 Å². The van der Waals surface area contributed by atoms with E-state index < -0.39 is 16.1 Å². The van der Waals surface area contributed by atoms with Gasteiger partial charge in [-0.25, -0.2) is 8.42 Å². The van der Waals surface area contributed by atoms with Gasteiger partial charge in [0.1, 0.15) is 0 Å². The van der Waals surface area contributed by atoms with Crippen LogP contribution in [-0.2, 0) is 10.0 Å². The Kier molecular flexibility index (Phi) is 3.75. The van der Waals surface area contributed by atoms with Gasteiger partial charge in [-0.15, -0.1) is 0 Å². The minimum atomic E-state index is -3.43. The van der Waals surface area contributed by atoms with Crippen LogP contribution in [0.3, 0.4) is 0 Å². The summed E-state index contributed by atoms with van der Waals surface area (Å²) >= 11 is 0. The summed E-state index contributed by atoms with van der Waals surface area (Å²) in [5.74, 6) is 0. The summed E-state index contributed by atoms with van der Waals surface area (Å²) in [4.78, 5) is 0.260. The van der Waals surface area contributed by atoms with Gasteiger partial charge in [0.2, 0.25) is 10.0 Å². The van der Waals surface area contributed by atoms with Crippen LogP contribution in [0.25, 0.3) is 0 Å². The Labute approximate surface area is 108 Å². The third kappa shape index (κ3) is 2.43. The van der Waals surface area contributed by atoms with Crippen molar-refractivity contribution in [3.8, 4) is 0 Å². The second-order valence-electron chi connectivity index (χ2n) is 4.85.